The Morgan fingerprint density at radius 2 is 1.81 bits per heavy atom. The van der Waals surface area contributed by atoms with E-state index < -0.39 is 14.4 Å². The van der Waals surface area contributed by atoms with E-state index >= 15 is 0 Å². The molecule has 1 saturated carbocycles. The van der Waals surface area contributed by atoms with Gasteiger partial charge in [-0.15, -0.1) is 0 Å². The van der Waals surface area contributed by atoms with E-state index in [1.165, 1.54) is 11.3 Å². The molecule has 1 saturated heterocycles. The van der Waals surface area contributed by atoms with Gasteiger partial charge >= 0.3 is 6.09 Å². The molecule has 0 radical (unpaired) electrons. The number of aromatic nitrogens is 1. The van der Waals surface area contributed by atoms with Crippen molar-refractivity contribution in [3.63, 3.8) is 0 Å². The van der Waals surface area contributed by atoms with Crippen LogP contribution in [0.1, 0.15) is 45.6 Å². The lowest BCUT2D eigenvalue weighted by Crippen LogP contribution is -2.48. The molecule has 0 bridgehead atoms. The molecule has 1 amide bonds. The van der Waals surface area contributed by atoms with Crippen LogP contribution in [-0.4, -0.2) is 66.7 Å². The van der Waals surface area contributed by atoms with E-state index in [2.05, 4.69) is 54.7 Å². The van der Waals surface area contributed by atoms with Gasteiger partial charge in [0.2, 0.25) is 0 Å². The first-order valence-electron chi connectivity index (χ1n) is 13.0. The molecule has 2 fully saturated rings. The highest BCUT2D eigenvalue weighted by molar-refractivity contribution is 9.10. The number of benzene rings is 1. The Hall–Kier alpha value is -1.68. The molecule has 1 N–H and O–H groups in total. The molecule has 0 spiro atoms. The highest BCUT2D eigenvalue weighted by Crippen LogP contribution is 2.45. The monoisotopic (exact) mass is 577 g/mol. The average Bonchev–Trinajstić information content (AvgIpc) is 2.77. The number of carbonyl (C=O) groups is 1. The van der Waals surface area contributed by atoms with Crippen LogP contribution in [-0.2, 0) is 17.5 Å². The minimum atomic E-state index is -1.88. The summed E-state index contributed by atoms with van der Waals surface area (Å²) in [6, 6.07) is 5.89. The van der Waals surface area contributed by atoms with Crippen LogP contribution in [0.25, 0.3) is 10.8 Å². The zero-order valence-electron chi connectivity index (χ0n) is 22.3. The number of carboxylic acid groups (broad SMARTS) is 1. The molecule has 1 aliphatic heterocycles. The number of rotatable bonds is 7. The lowest BCUT2D eigenvalue weighted by Gasteiger charge is -2.46. The minimum absolute atomic E-state index is 0.00672. The molecule has 4 rings (SSSR count). The number of pyridine rings is 1. The maximum atomic E-state index is 13.6. The van der Waals surface area contributed by atoms with Gasteiger partial charge in [0.1, 0.15) is 0 Å². The van der Waals surface area contributed by atoms with E-state index in [-0.39, 0.29) is 16.0 Å². The van der Waals surface area contributed by atoms with Crippen LogP contribution in [0.15, 0.2) is 33.7 Å². The standard InChI is InChI=1S/C27H40BrN3O4Si/c1-26(2,3)36(4,5)35-19-27(9-6-10-27)18-31-17-20(16-29-11-13-30(14-12-29)25(33)34)23-15-21(28)7-8-22(23)24(31)32/h7-8,15,17H,6,9-14,16,18-19H2,1-5H3,(H,33,34). The van der Waals surface area contributed by atoms with E-state index in [0.29, 0.717) is 45.9 Å². The first kappa shape index (κ1) is 27.4. The molecule has 9 heteroatoms. The largest absolute Gasteiger partial charge is 0.465 e. The fourth-order valence-electron chi connectivity index (χ4n) is 4.96. The van der Waals surface area contributed by atoms with Crippen LogP contribution in [0.3, 0.4) is 0 Å². The average molecular weight is 579 g/mol. The summed E-state index contributed by atoms with van der Waals surface area (Å²) in [4.78, 5) is 28.7. The summed E-state index contributed by atoms with van der Waals surface area (Å²) in [6.45, 7) is 15.8. The lowest BCUT2D eigenvalue weighted by atomic mass is 9.69. The number of hydrogen-bond donors (Lipinski definition) is 1. The fraction of sp³-hybridized carbons (Fsp3) is 0.630. The van der Waals surface area contributed by atoms with Crippen LogP contribution >= 0.6 is 15.9 Å². The molecular weight excluding hydrogens is 538 g/mol. The van der Waals surface area contributed by atoms with Gasteiger partial charge in [-0.2, -0.15) is 0 Å². The van der Waals surface area contributed by atoms with Gasteiger partial charge in [-0.3, -0.25) is 9.69 Å². The van der Waals surface area contributed by atoms with Crippen molar-refractivity contribution in [3.8, 4) is 0 Å². The maximum absolute atomic E-state index is 13.6. The second-order valence-corrected chi connectivity index (χ2v) is 18.0. The van der Waals surface area contributed by atoms with E-state index in [9.17, 15) is 14.7 Å². The Morgan fingerprint density at radius 3 is 2.36 bits per heavy atom. The van der Waals surface area contributed by atoms with Gasteiger partial charge in [0.25, 0.3) is 5.56 Å². The Bertz CT molecular complexity index is 1180. The molecule has 36 heavy (non-hydrogen) atoms. The van der Waals surface area contributed by atoms with Crippen molar-refractivity contribution in [2.24, 2.45) is 5.41 Å². The van der Waals surface area contributed by atoms with E-state index in [4.69, 9.17) is 4.43 Å². The summed E-state index contributed by atoms with van der Waals surface area (Å²) in [7, 11) is -1.88. The summed E-state index contributed by atoms with van der Waals surface area (Å²) < 4.78 is 9.52. The van der Waals surface area contributed by atoms with Crippen molar-refractivity contribution in [2.45, 2.75) is 71.3 Å². The molecule has 2 aliphatic rings. The SMILES string of the molecule is CC(C)(C)[Si](C)(C)OCC1(Cn2cc(CN3CCN(C(=O)O)CC3)c3cc(Br)ccc3c2=O)CCC1. The molecule has 1 aliphatic carbocycles. The molecule has 0 atom stereocenters. The molecule has 7 nitrogen and oxygen atoms in total. The molecule has 1 aromatic carbocycles. The van der Waals surface area contributed by atoms with Crippen molar-refractivity contribution >= 4 is 41.1 Å². The molecule has 0 unspecified atom stereocenters. The van der Waals surface area contributed by atoms with Gasteiger partial charge in [0.05, 0.1) is 0 Å². The van der Waals surface area contributed by atoms with Crippen LogP contribution < -0.4 is 5.56 Å². The van der Waals surface area contributed by atoms with Gasteiger partial charge < -0.3 is 19.0 Å². The third-order valence-electron chi connectivity index (χ3n) is 8.63. The zero-order valence-corrected chi connectivity index (χ0v) is 24.9. The van der Waals surface area contributed by atoms with Crippen LogP contribution in [0, 0.1) is 5.41 Å². The Balaban J connectivity index is 1.61. The predicted molar refractivity (Wildman–Crippen MR) is 150 cm³/mol. The third kappa shape index (κ3) is 5.74. The third-order valence-corrected chi connectivity index (χ3v) is 13.6. The predicted octanol–water partition coefficient (Wildman–Crippen LogP) is 5.75. The fourth-order valence-corrected chi connectivity index (χ4v) is 6.42. The van der Waals surface area contributed by atoms with Crippen molar-refractivity contribution in [3.05, 3.63) is 44.8 Å². The smallest absolute Gasteiger partial charge is 0.407 e. The second kappa shape index (κ2) is 10.2. The Morgan fingerprint density at radius 1 is 1.14 bits per heavy atom. The van der Waals surface area contributed by atoms with Gasteiger partial charge in [0, 0.05) is 67.3 Å². The first-order valence-corrected chi connectivity index (χ1v) is 16.7. The molecular formula is C27H40BrN3O4Si. The molecule has 198 valence electrons. The van der Waals surface area contributed by atoms with Gasteiger partial charge in [-0.25, -0.2) is 4.79 Å². The summed E-state index contributed by atoms with van der Waals surface area (Å²) in [5.74, 6) is 0. The normalized spacial score (nSPS) is 18.9. The van der Waals surface area contributed by atoms with Gasteiger partial charge in [0.15, 0.2) is 8.32 Å². The maximum Gasteiger partial charge on any atom is 0.407 e. The minimum Gasteiger partial charge on any atom is -0.465 e. The number of amides is 1. The summed E-state index contributed by atoms with van der Waals surface area (Å²) in [5.41, 5.74) is 1.16. The highest BCUT2D eigenvalue weighted by Gasteiger charge is 2.43. The second-order valence-electron chi connectivity index (χ2n) is 12.2. The summed E-state index contributed by atoms with van der Waals surface area (Å²) in [6.07, 6.45) is 4.53. The molecule has 1 aromatic heterocycles. The van der Waals surface area contributed by atoms with Crippen molar-refractivity contribution in [1.29, 1.82) is 0 Å². The van der Waals surface area contributed by atoms with Crippen LogP contribution in [0.4, 0.5) is 4.79 Å². The number of halogens is 1. The first-order chi connectivity index (χ1) is 16.8. The van der Waals surface area contributed by atoms with Gasteiger partial charge in [-0.05, 0) is 60.1 Å². The van der Waals surface area contributed by atoms with Crippen molar-refractivity contribution in [2.75, 3.05) is 32.8 Å². The lowest BCUT2D eigenvalue weighted by molar-refractivity contribution is 0.0322. The van der Waals surface area contributed by atoms with Crippen molar-refractivity contribution < 1.29 is 14.3 Å². The number of nitrogens with zero attached hydrogens (tertiary/aromatic N) is 3. The Labute approximate surface area is 223 Å². The summed E-state index contributed by atoms with van der Waals surface area (Å²) in [5, 5.41) is 11.1. The van der Waals surface area contributed by atoms with Gasteiger partial charge in [-0.1, -0.05) is 43.1 Å². The molecule has 2 aromatic rings. The number of fused-ring (bicyclic) bond motifs is 1. The number of hydrogen-bond acceptors (Lipinski definition) is 4. The number of piperazine rings is 1. The van der Waals surface area contributed by atoms with Crippen LogP contribution in [0.5, 0.6) is 0 Å². The topological polar surface area (TPSA) is 75.0 Å². The Kier molecular flexibility index (Phi) is 7.77. The molecule has 2 heterocycles. The quantitative estimate of drug-likeness (QED) is 0.424. The van der Waals surface area contributed by atoms with E-state index in [1.807, 2.05) is 29.0 Å². The highest BCUT2D eigenvalue weighted by atomic mass is 79.9. The summed E-state index contributed by atoms with van der Waals surface area (Å²) >= 11 is 3.58. The van der Waals surface area contributed by atoms with E-state index in [0.717, 1.165) is 33.7 Å². The van der Waals surface area contributed by atoms with Crippen LogP contribution in [0.2, 0.25) is 18.1 Å². The van der Waals surface area contributed by atoms with E-state index in [1.54, 1.807) is 0 Å². The van der Waals surface area contributed by atoms with Crippen molar-refractivity contribution in [1.82, 2.24) is 14.4 Å². The zero-order chi connectivity index (χ0) is 26.3.